The Labute approximate surface area is 208 Å². The molecule has 3 aromatic rings. The molecule has 8 nitrogen and oxygen atoms in total. The van der Waals surface area contributed by atoms with Crippen molar-refractivity contribution in [2.75, 3.05) is 0 Å². The Morgan fingerprint density at radius 3 is 2.39 bits per heavy atom. The third-order valence-electron chi connectivity index (χ3n) is 6.59. The lowest BCUT2D eigenvalue weighted by Crippen LogP contribution is -2.42. The number of hydrogen-bond acceptors (Lipinski definition) is 4. The monoisotopic (exact) mass is 494 g/mol. The van der Waals surface area contributed by atoms with Crippen LogP contribution in [0, 0.1) is 5.82 Å². The standard InChI is InChI=1S/C27H31FN4O4/c28-20-14-12-19(13-15-20)17-29-25(34)18-32-23-10-4-3-9-22(23)26(35)31(27(32)36)16-6-5-11-24(33)30-21-7-1-2-8-21/h3-4,9-10,12-15,21H,1-2,5-8,11,16-18H2,(H,29,34)(H,30,33). The van der Waals surface area contributed by atoms with Crippen molar-refractivity contribution in [3.63, 3.8) is 0 Å². The number of carbonyl (C=O) groups excluding carboxylic acids is 2. The molecule has 0 saturated heterocycles. The van der Waals surface area contributed by atoms with Gasteiger partial charge in [0.25, 0.3) is 5.56 Å². The number of unbranched alkanes of at least 4 members (excludes halogenated alkanes) is 1. The second-order valence-electron chi connectivity index (χ2n) is 9.25. The summed E-state index contributed by atoms with van der Waals surface area (Å²) in [6.07, 6.45) is 5.72. The van der Waals surface area contributed by atoms with Crippen molar-refractivity contribution < 1.29 is 14.0 Å². The van der Waals surface area contributed by atoms with Crippen LogP contribution in [0.1, 0.15) is 50.5 Å². The molecule has 2 aromatic carbocycles. The van der Waals surface area contributed by atoms with Crippen LogP contribution >= 0.6 is 0 Å². The summed E-state index contributed by atoms with van der Waals surface area (Å²) in [6, 6.07) is 12.7. The minimum atomic E-state index is -0.564. The zero-order valence-electron chi connectivity index (χ0n) is 20.2. The van der Waals surface area contributed by atoms with E-state index in [-0.39, 0.29) is 37.4 Å². The first-order valence-electron chi connectivity index (χ1n) is 12.5. The summed E-state index contributed by atoms with van der Waals surface area (Å²) in [5.74, 6) is -0.761. The molecule has 2 amide bonds. The van der Waals surface area contributed by atoms with Crippen molar-refractivity contribution >= 4 is 22.7 Å². The Balaban J connectivity index is 1.43. The van der Waals surface area contributed by atoms with Gasteiger partial charge >= 0.3 is 5.69 Å². The van der Waals surface area contributed by atoms with Crippen molar-refractivity contribution in [3.8, 4) is 0 Å². The number of halogens is 1. The number of carbonyl (C=O) groups is 2. The molecule has 0 unspecified atom stereocenters. The Bertz CT molecular complexity index is 1340. The predicted molar refractivity (Wildman–Crippen MR) is 135 cm³/mol. The van der Waals surface area contributed by atoms with E-state index >= 15 is 0 Å². The first kappa shape index (κ1) is 25.3. The lowest BCUT2D eigenvalue weighted by Gasteiger charge is -2.14. The molecule has 1 heterocycles. The fourth-order valence-corrected chi connectivity index (χ4v) is 4.65. The van der Waals surface area contributed by atoms with Crippen LogP contribution in [0.25, 0.3) is 10.9 Å². The van der Waals surface area contributed by atoms with Crippen LogP contribution in [-0.2, 0) is 29.2 Å². The molecule has 1 fully saturated rings. The van der Waals surface area contributed by atoms with Crippen molar-refractivity contribution in [2.45, 2.75) is 70.6 Å². The molecule has 2 N–H and O–H groups in total. The number of aromatic nitrogens is 2. The molecule has 0 bridgehead atoms. The second-order valence-corrected chi connectivity index (χ2v) is 9.25. The number of hydrogen-bond donors (Lipinski definition) is 2. The molecule has 0 radical (unpaired) electrons. The highest BCUT2D eigenvalue weighted by Crippen LogP contribution is 2.17. The van der Waals surface area contributed by atoms with Crippen molar-refractivity contribution in [1.82, 2.24) is 19.8 Å². The summed E-state index contributed by atoms with van der Waals surface area (Å²) in [5.41, 5.74) is 0.139. The van der Waals surface area contributed by atoms with E-state index < -0.39 is 17.2 Å². The van der Waals surface area contributed by atoms with E-state index in [4.69, 9.17) is 0 Å². The van der Waals surface area contributed by atoms with Crippen molar-refractivity contribution in [3.05, 3.63) is 80.7 Å². The van der Waals surface area contributed by atoms with Crippen LogP contribution in [0.4, 0.5) is 4.39 Å². The van der Waals surface area contributed by atoms with Crippen molar-refractivity contribution in [2.24, 2.45) is 0 Å². The average Bonchev–Trinajstić information content (AvgIpc) is 3.38. The molecule has 4 rings (SSSR count). The number of amides is 2. The lowest BCUT2D eigenvalue weighted by atomic mass is 10.2. The summed E-state index contributed by atoms with van der Waals surface area (Å²) in [4.78, 5) is 51.1. The molecule has 0 atom stereocenters. The van der Waals surface area contributed by atoms with E-state index in [1.165, 1.54) is 16.7 Å². The number of fused-ring (bicyclic) bond motifs is 1. The molecule has 190 valence electrons. The summed E-state index contributed by atoms with van der Waals surface area (Å²) < 4.78 is 15.5. The van der Waals surface area contributed by atoms with Gasteiger partial charge in [0.2, 0.25) is 11.8 Å². The fraction of sp³-hybridized carbons (Fsp3) is 0.407. The fourth-order valence-electron chi connectivity index (χ4n) is 4.65. The highest BCUT2D eigenvalue weighted by atomic mass is 19.1. The molecule has 1 aliphatic rings. The van der Waals surface area contributed by atoms with Crippen LogP contribution < -0.4 is 21.9 Å². The maximum absolute atomic E-state index is 13.2. The number of para-hydroxylation sites is 1. The quantitative estimate of drug-likeness (QED) is 0.423. The molecule has 0 aliphatic heterocycles. The molecule has 1 aromatic heterocycles. The summed E-state index contributed by atoms with van der Waals surface area (Å²) >= 11 is 0. The van der Waals surface area contributed by atoms with Crippen LogP contribution in [0.15, 0.2) is 58.1 Å². The smallest absolute Gasteiger partial charge is 0.331 e. The van der Waals surface area contributed by atoms with E-state index in [0.29, 0.717) is 30.2 Å². The van der Waals surface area contributed by atoms with Crippen LogP contribution in [0.5, 0.6) is 0 Å². The first-order chi connectivity index (χ1) is 17.4. The third kappa shape index (κ3) is 6.27. The lowest BCUT2D eigenvalue weighted by molar-refractivity contribution is -0.122. The highest BCUT2D eigenvalue weighted by Gasteiger charge is 2.18. The van der Waals surface area contributed by atoms with Crippen molar-refractivity contribution in [1.29, 1.82) is 0 Å². The Morgan fingerprint density at radius 2 is 1.64 bits per heavy atom. The maximum atomic E-state index is 13.2. The van der Waals surface area contributed by atoms with Gasteiger partial charge in [0.15, 0.2) is 0 Å². The molecule has 1 saturated carbocycles. The van der Waals surface area contributed by atoms with Gasteiger partial charge < -0.3 is 10.6 Å². The van der Waals surface area contributed by atoms with Gasteiger partial charge in [-0.1, -0.05) is 37.1 Å². The topological polar surface area (TPSA) is 102 Å². The van der Waals surface area contributed by atoms with Gasteiger partial charge in [-0.3, -0.25) is 23.5 Å². The molecular weight excluding hydrogens is 463 g/mol. The van der Waals surface area contributed by atoms with Gasteiger partial charge in [-0.05, 0) is 55.5 Å². The number of benzene rings is 2. The Kier molecular flexibility index (Phi) is 8.30. The van der Waals surface area contributed by atoms with Gasteiger partial charge in [-0.2, -0.15) is 0 Å². The van der Waals surface area contributed by atoms with Crippen LogP contribution in [-0.4, -0.2) is 27.0 Å². The van der Waals surface area contributed by atoms with E-state index in [2.05, 4.69) is 10.6 Å². The molecule has 0 spiro atoms. The van der Waals surface area contributed by atoms with Gasteiger partial charge in [0, 0.05) is 25.6 Å². The summed E-state index contributed by atoms with van der Waals surface area (Å²) in [6.45, 7) is 0.0926. The zero-order chi connectivity index (χ0) is 25.5. The average molecular weight is 495 g/mol. The number of rotatable bonds is 10. The first-order valence-corrected chi connectivity index (χ1v) is 12.5. The normalized spacial score (nSPS) is 13.7. The van der Waals surface area contributed by atoms with Gasteiger partial charge in [0.1, 0.15) is 12.4 Å². The van der Waals surface area contributed by atoms with Crippen LogP contribution in [0.2, 0.25) is 0 Å². The molecule has 1 aliphatic carbocycles. The molecule has 36 heavy (non-hydrogen) atoms. The number of nitrogens with one attached hydrogen (secondary N) is 2. The zero-order valence-corrected chi connectivity index (χ0v) is 20.2. The SMILES string of the molecule is O=C(Cn1c(=O)n(CCCCC(=O)NC2CCCC2)c(=O)c2ccccc21)NCc1ccc(F)cc1. The predicted octanol–water partition coefficient (Wildman–Crippen LogP) is 2.85. The van der Waals surface area contributed by atoms with Gasteiger partial charge in [0.05, 0.1) is 10.9 Å². The molecule has 9 heteroatoms. The van der Waals surface area contributed by atoms with Gasteiger partial charge in [-0.15, -0.1) is 0 Å². The van der Waals surface area contributed by atoms with E-state index in [0.717, 1.165) is 35.8 Å². The highest BCUT2D eigenvalue weighted by molar-refractivity contribution is 5.81. The second kappa shape index (κ2) is 11.8. The minimum Gasteiger partial charge on any atom is -0.353 e. The minimum absolute atomic E-state index is 0.00277. The van der Waals surface area contributed by atoms with Gasteiger partial charge in [-0.25, -0.2) is 9.18 Å². The Hall–Kier alpha value is -3.75. The Morgan fingerprint density at radius 1 is 0.917 bits per heavy atom. The van der Waals surface area contributed by atoms with E-state index in [1.54, 1.807) is 36.4 Å². The van der Waals surface area contributed by atoms with E-state index in [9.17, 15) is 23.6 Å². The maximum Gasteiger partial charge on any atom is 0.331 e. The largest absolute Gasteiger partial charge is 0.353 e. The van der Waals surface area contributed by atoms with E-state index in [1.807, 2.05) is 0 Å². The summed E-state index contributed by atoms with van der Waals surface area (Å²) in [7, 11) is 0. The molecular formula is C27H31FN4O4. The number of nitrogens with zero attached hydrogens (tertiary/aromatic N) is 2. The third-order valence-corrected chi connectivity index (χ3v) is 6.59. The van der Waals surface area contributed by atoms with Crippen LogP contribution in [0.3, 0.4) is 0 Å². The summed E-state index contributed by atoms with van der Waals surface area (Å²) in [5, 5.41) is 6.13.